The van der Waals surface area contributed by atoms with Crippen molar-refractivity contribution in [2.75, 3.05) is 14.1 Å². The first-order valence-electron chi connectivity index (χ1n) is 3.88. The molecule has 1 aromatic rings. The molecule has 1 heterocycles. The van der Waals surface area contributed by atoms with Crippen LogP contribution in [0.5, 0.6) is 0 Å². The summed E-state index contributed by atoms with van der Waals surface area (Å²) in [5.41, 5.74) is 0.798. The minimum absolute atomic E-state index is 0.373. The molecule has 0 aliphatic rings. The van der Waals surface area contributed by atoms with E-state index in [0.29, 0.717) is 23.1 Å². The third kappa shape index (κ3) is 2.52. The van der Waals surface area contributed by atoms with Gasteiger partial charge in [0.25, 0.3) is 0 Å². The number of amides is 1. The minimum atomic E-state index is 0.373. The van der Waals surface area contributed by atoms with Crippen molar-refractivity contribution in [3.8, 4) is 0 Å². The van der Waals surface area contributed by atoms with Crippen LogP contribution in [0.25, 0.3) is 0 Å². The summed E-state index contributed by atoms with van der Waals surface area (Å²) in [6.45, 7) is 0. The van der Waals surface area contributed by atoms with Crippen molar-refractivity contribution in [1.29, 1.82) is 0 Å². The van der Waals surface area contributed by atoms with Crippen LogP contribution in [0, 0.1) is 0 Å². The molecule has 0 spiro atoms. The Morgan fingerprint density at radius 1 is 1.79 bits per heavy atom. The normalized spacial score (nSPS) is 11.5. The summed E-state index contributed by atoms with van der Waals surface area (Å²) >= 11 is 7.05. The van der Waals surface area contributed by atoms with E-state index < -0.39 is 0 Å². The number of carbonyl (C=O) groups excluding carboxylic acids is 1. The van der Waals surface area contributed by atoms with Gasteiger partial charge in [-0.05, 0) is 0 Å². The van der Waals surface area contributed by atoms with Crippen molar-refractivity contribution in [3.63, 3.8) is 0 Å². The Kier molecular flexibility index (Phi) is 4.03. The van der Waals surface area contributed by atoms with Gasteiger partial charge in [0, 0.05) is 19.5 Å². The fourth-order valence-corrected chi connectivity index (χ4v) is 2.01. The predicted octanol–water partition coefficient (Wildman–Crippen LogP) is 1.35. The fraction of sp³-hybridized carbons (Fsp3) is 0.375. The topological polar surface area (TPSA) is 45.6 Å². The van der Waals surface area contributed by atoms with Gasteiger partial charge in [0.2, 0.25) is 6.41 Å². The summed E-state index contributed by atoms with van der Waals surface area (Å²) in [6, 6.07) is 0. The molecule has 76 valence electrons. The third-order valence-electron chi connectivity index (χ3n) is 1.48. The Hall–Kier alpha value is -0.940. The summed E-state index contributed by atoms with van der Waals surface area (Å²) in [5, 5.41) is 2.56. The molecule has 0 bridgehead atoms. The standard InChI is InChI=1S/C8H10ClN3OS/c1-12(2)7(10-5-13)8-11-6(3-9)4-14-8/h4-5H,3H2,1-2H3. The summed E-state index contributed by atoms with van der Waals surface area (Å²) in [5.74, 6) is 0.930. The molecule has 0 saturated carbocycles. The van der Waals surface area contributed by atoms with Crippen molar-refractivity contribution < 1.29 is 4.79 Å². The second kappa shape index (κ2) is 5.07. The molecule has 1 rings (SSSR count). The third-order valence-corrected chi connectivity index (χ3v) is 2.64. The average molecular weight is 232 g/mol. The first-order chi connectivity index (χ1) is 6.69. The molecule has 4 nitrogen and oxygen atoms in total. The largest absolute Gasteiger partial charge is 0.360 e. The van der Waals surface area contributed by atoms with Crippen LogP contribution >= 0.6 is 22.9 Å². The summed E-state index contributed by atoms with van der Waals surface area (Å²) < 4.78 is 0. The number of aromatic nitrogens is 1. The number of rotatable bonds is 3. The first kappa shape index (κ1) is 11.1. The highest BCUT2D eigenvalue weighted by Crippen LogP contribution is 2.13. The van der Waals surface area contributed by atoms with Gasteiger partial charge in [0.05, 0.1) is 11.6 Å². The van der Waals surface area contributed by atoms with E-state index in [9.17, 15) is 4.79 Å². The zero-order valence-electron chi connectivity index (χ0n) is 7.90. The molecule has 0 aliphatic carbocycles. The molecule has 6 heteroatoms. The van der Waals surface area contributed by atoms with E-state index in [0.717, 1.165) is 5.69 Å². The molecular formula is C8H10ClN3OS. The maximum absolute atomic E-state index is 10.3. The van der Waals surface area contributed by atoms with Crippen molar-refractivity contribution in [2.45, 2.75) is 5.88 Å². The highest BCUT2D eigenvalue weighted by Gasteiger charge is 2.10. The van der Waals surface area contributed by atoms with Gasteiger partial charge < -0.3 is 4.90 Å². The van der Waals surface area contributed by atoms with Crippen LogP contribution in [0.4, 0.5) is 0 Å². The van der Waals surface area contributed by atoms with E-state index in [2.05, 4.69) is 9.98 Å². The highest BCUT2D eigenvalue weighted by molar-refractivity contribution is 7.11. The molecule has 0 atom stereocenters. The lowest BCUT2D eigenvalue weighted by Crippen LogP contribution is -2.23. The van der Waals surface area contributed by atoms with E-state index in [4.69, 9.17) is 11.6 Å². The zero-order chi connectivity index (χ0) is 10.6. The molecule has 1 aromatic heterocycles. The van der Waals surface area contributed by atoms with Crippen LogP contribution in [-0.4, -0.2) is 36.2 Å². The van der Waals surface area contributed by atoms with Crippen molar-refractivity contribution >= 4 is 35.2 Å². The number of carbonyl (C=O) groups is 1. The molecule has 0 unspecified atom stereocenters. The van der Waals surface area contributed by atoms with Crippen LogP contribution < -0.4 is 0 Å². The van der Waals surface area contributed by atoms with Gasteiger partial charge in [-0.2, -0.15) is 4.99 Å². The quantitative estimate of drug-likeness (QED) is 0.341. The van der Waals surface area contributed by atoms with Gasteiger partial charge in [0.15, 0.2) is 10.8 Å². The van der Waals surface area contributed by atoms with Gasteiger partial charge in [-0.3, -0.25) is 4.79 Å². The van der Waals surface area contributed by atoms with Gasteiger partial charge in [-0.15, -0.1) is 22.9 Å². The highest BCUT2D eigenvalue weighted by atomic mass is 35.5. The minimum Gasteiger partial charge on any atom is -0.360 e. The summed E-state index contributed by atoms with van der Waals surface area (Å²) in [6.07, 6.45) is 0.511. The first-order valence-corrected chi connectivity index (χ1v) is 5.30. The number of alkyl halides is 1. The Morgan fingerprint density at radius 2 is 2.50 bits per heavy atom. The molecule has 0 aliphatic heterocycles. The second-order valence-corrected chi connectivity index (χ2v) is 3.86. The number of amidine groups is 1. The molecule has 1 amide bonds. The van der Waals surface area contributed by atoms with E-state index in [1.54, 1.807) is 4.90 Å². The Labute approximate surface area is 91.2 Å². The van der Waals surface area contributed by atoms with Gasteiger partial charge in [0.1, 0.15) is 0 Å². The zero-order valence-corrected chi connectivity index (χ0v) is 9.47. The number of hydrogen-bond acceptors (Lipinski definition) is 3. The lowest BCUT2D eigenvalue weighted by atomic mass is 10.5. The molecule has 0 fully saturated rings. The number of aliphatic imine (C=N–C) groups is 1. The number of halogens is 1. The van der Waals surface area contributed by atoms with E-state index >= 15 is 0 Å². The second-order valence-electron chi connectivity index (χ2n) is 2.73. The van der Waals surface area contributed by atoms with Gasteiger partial charge >= 0.3 is 0 Å². The summed E-state index contributed by atoms with van der Waals surface area (Å²) in [4.78, 5) is 20.0. The lowest BCUT2D eigenvalue weighted by Gasteiger charge is -2.11. The monoisotopic (exact) mass is 231 g/mol. The molecule has 14 heavy (non-hydrogen) atoms. The van der Waals surface area contributed by atoms with Gasteiger partial charge in [-0.25, -0.2) is 4.98 Å². The van der Waals surface area contributed by atoms with Crippen molar-refractivity contribution in [1.82, 2.24) is 9.88 Å². The maximum Gasteiger partial charge on any atom is 0.234 e. The van der Waals surface area contributed by atoms with Crippen LogP contribution in [0.3, 0.4) is 0 Å². The number of hydrogen-bond donors (Lipinski definition) is 0. The van der Waals surface area contributed by atoms with Crippen molar-refractivity contribution in [3.05, 3.63) is 16.1 Å². The number of thiazole rings is 1. The molecule has 0 aromatic carbocycles. The van der Waals surface area contributed by atoms with Crippen LogP contribution in [0.2, 0.25) is 0 Å². The lowest BCUT2D eigenvalue weighted by molar-refractivity contribution is -0.106. The Bertz CT molecular complexity index is 348. The van der Waals surface area contributed by atoms with E-state index in [1.165, 1.54) is 11.3 Å². The summed E-state index contributed by atoms with van der Waals surface area (Å²) in [7, 11) is 3.62. The molecule has 0 radical (unpaired) electrons. The predicted molar refractivity (Wildman–Crippen MR) is 58.0 cm³/mol. The fourth-order valence-electron chi connectivity index (χ4n) is 0.883. The van der Waals surface area contributed by atoms with Crippen molar-refractivity contribution in [2.24, 2.45) is 4.99 Å². The molecule has 0 saturated heterocycles. The molecule has 0 N–H and O–H groups in total. The Morgan fingerprint density at radius 3 is 2.93 bits per heavy atom. The Balaban J connectivity index is 2.99. The van der Waals surface area contributed by atoms with Gasteiger partial charge in [-0.1, -0.05) is 0 Å². The average Bonchev–Trinajstić information content (AvgIpc) is 2.61. The van der Waals surface area contributed by atoms with Crippen LogP contribution in [0.1, 0.15) is 10.7 Å². The smallest absolute Gasteiger partial charge is 0.234 e. The van der Waals surface area contributed by atoms with Crippen LogP contribution in [-0.2, 0) is 10.7 Å². The SMILES string of the molecule is CN(C)C(=NC=O)c1nc(CCl)cs1. The molecular weight excluding hydrogens is 222 g/mol. The van der Waals surface area contributed by atoms with Crippen LogP contribution in [0.15, 0.2) is 10.4 Å². The van der Waals surface area contributed by atoms with E-state index in [1.807, 2.05) is 19.5 Å². The van der Waals surface area contributed by atoms with E-state index in [-0.39, 0.29) is 0 Å². The maximum atomic E-state index is 10.3. The number of nitrogens with zero attached hydrogens (tertiary/aromatic N) is 3.